The molecule has 1 rings (SSSR count). The predicted molar refractivity (Wildman–Crippen MR) is 48.0 cm³/mol. The van der Waals surface area contributed by atoms with Crippen molar-refractivity contribution >= 4 is 5.69 Å². The van der Waals surface area contributed by atoms with E-state index in [1.54, 1.807) is 0 Å². The lowest BCUT2D eigenvalue weighted by Crippen LogP contribution is -2.11. The number of anilines is 1. The Morgan fingerprint density at radius 3 is 2.85 bits per heavy atom. The number of hydrogen-bond acceptors (Lipinski definition) is 3. The third-order valence-electron chi connectivity index (χ3n) is 1.76. The minimum absolute atomic E-state index is 0.133. The van der Waals surface area contributed by atoms with Gasteiger partial charge < -0.3 is 11.5 Å². The van der Waals surface area contributed by atoms with E-state index in [2.05, 4.69) is 0 Å². The SMILES string of the molecule is N#CCC(N)c1cc(F)ccc1N. The van der Waals surface area contributed by atoms with Gasteiger partial charge in [0.15, 0.2) is 0 Å². The molecule has 1 atom stereocenters. The van der Waals surface area contributed by atoms with Crippen LogP contribution in [-0.2, 0) is 0 Å². The average Bonchev–Trinajstić information content (AvgIpc) is 2.09. The lowest BCUT2D eigenvalue weighted by atomic mass is 10.0. The van der Waals surface area contributed by atoms with E-state index in [0.717, 1.165) is 0 Å². The molecule has 0 aliphatic rings. The Morgan fingerprint density at radius 1 is 1.54 bits per heavy atom. The molecule has 4 N–H and O–H groups in total. The van der Waals surface area contributed by atoms with E-state index in [0.29, 0.717) is 11.3 Å². The fourth-order valence-electron chi connectivity index (χ4n) is 1.08. The lowest BCUT2D eigenvalue weighted by molar-refractivity contribution is 0.620. The molecule has 3 nitrogen and oxygen atoms in total. The number of nitriles is 1. The zero-order valence-electron chi connectivity index (χ0n) is 7.00. The summed E-state index contributed by atoms with van der Waals surface area (Å²) in [4.78, 5) is 0. The quantitative estimate of drug-likeness (QED) is 0.672. The molecular weight excluding hydrogens is 169 g/mol. The van der Waals surface area contributed by atoms with Crippen molar-refractivity contribution in [3.63, 3.8) is 0 Å². The summed E-state index contributed by atoms with van der Waals surface area (Å²) < 4.78 is 12.8. The molecule has 0 aliphatic carbocycles. The molecule has 1 unspecified atom stereocenters. The molecule has 0 bridgehead atoms. The second kappa shape index (κ2) is 3.87. The maximum absolute atomic E-state index is 12.8. The van der Waals surface area contributed by atoms with Crippen LogP contribution in [-0.4, -0.2) is 0 Å². The number of nitrogen functional groups attached to an aromatic ring is 1. The van der Waals surface area contributed by atoms with Gasteiger partial charge in [-0.2, -0.15) is 5.26 Å². The van der Waals surface area contributed by atoms with Crippen LogP contribution in [0.15, 0.2) is 18.2 Å². The highest BCUT2D eigenvalue weighted by molar-refractivity contribution is 5.48. The molecule has 0 amide bonds. The molecule has 0 heterocycles. The Balaban J connectivity index is 3.00. The summed E-state index contributed by atoms with van der Waals surface area (Å²) in [5.41, 5.74) is 12.1. The van der Waals surface area contributed by atoms with Gasteiger partial charge in [-0.05, 0) is 23.8 Å². The molecule has 0 aliphatic heterocycles. The van der Waals surface area contributed by atoms with E-state index in [1.807, 2.05) is 6.07 Å². The summed E-state index contributed by atoms with van der Waals surface area (Å²) in [7, 11) is 0. The molecule has 0 radical (unpaired) electrons. The van der Waals surface area contributed by atoms with Crippen LogP contribution in [0.1, 0.15) is 18.0 Å². The van der Waals surface area contributed by atoms with Crippen molar-refractivity contribution < 1.29 is 4.39 Å². The van der Waals surface area contributed by atoms with Gasteiger partial charge in [-0.1, -0.05) is 0 Å². The zero-order valence-corrected chi connectivity index (χ0v) is 7.00. The summed E-state index contributed by atoms with van der Waals surface area (Å²) in [6.07, 6.45) is 0.133. The molecule has 0 fully saturated rings. The fourth-order valence-corrected chi connectivity index (χ4v) is 1.08. The Morgan fingerprint density at radius 2 is 2.23 bits per heavy atom. The number of halogens is 1. The van der Waals surface area contributed by atoms with Gasteiger partial charge in [0.05, 0.1) is 12.5 Å². The van der Waals surface area contributed by atoms with Gasteiger partial charge in [0.2, 0.25) is 0 Å². The highest BCUT2D eigenvalue weighted by Gasteiger charge is 2.09. The van der Waals surface area contributed by atoms with Crippen molar-refractivity contribution in [2.45, 2.75) is 12.5 Å². The van der Waals surface area contributed by atoms with E-state index >= 15 is 0 Å². The molecule has 68 valence electrons. The number of hydrogen-bond donors (Lipinski definition) is 2. The van der Waals surface area contributed by atoms with E-state index < -0.39 is 11.9 Å². The molecule has 1 aromatic carbocycles. The summed E-state index contributed by atoms with van der Waals surface area (Å²) in [6.45, 7) is 0. The second-order valence-corrected chi connectivity index (χ2v) is 2.74. The molecule has 4 heteroatoms. The Kier molecular flexibility index (Phi) is 2.83. The maximum atomic E-state index is 12.8. The average molecular weight is 179 g/mol. The molecule has 0 spiro atoms. The van der Waals surface area contributed by atoms with Gasteiger partial charge in [0, 0.05) is 11.7 Å². The van der Waals surface area contributed by atoms with Crippen LogP contribution in [0.3, 0.4) is 0 Å². The first-order valence-electron chi connectivity index (χ1n) is 3.82. The van der Waals surface area contributed by atoms with Crippen molar-refractivity contribution in [2.24, 2.45) is 5.73 Å². The van der Waals surface area contributed by atoms with E-state index in [-0.39, 0.29) is 6.42 Å². The molecule has 0 saturated carbocycles. The van der Waals surface area contributed by atoms with Crippen LogP contribution in [0, 0.1) is 17.1 Å². The van der Waals surface area contributed by atoms with Gasteiger partial charge in [-0.15, -0.1) is 0 Å². The molecule has 1 aromatic rings. The van der Waals surface area contributed by atoms with E-state index in [1.165, 1.54) is 18.2 Å². The summed E-state index contributed by atoms with van der Waals surface area (Å²) in [5.74, 6) is -0.391. The monoisotopic (exact) mass is 179 g/mol. The Hall–Kier alpha value is -1.60. The van der Waals surface area contributed by atoms with Crippen LogP contribution in [0.25, 0.3) is 0 Å². The van der Waals surface area contributed by atoms with Crippen molar-refractivity contribution in [3.05, 3.63) is 29.6 Å². The minimum atomic E-state index is -0.513. The summed E-state index contributed by atoms with van der Waals surface area (Å²) in [6, 6.07) is 5.37. The first kappa shape index (κ1) is 9.49. The second-order valence-electron chi connectivity index (χ2n) is 2.74. The highest BCUT2D eigenvalue weighted by atomic mass is 19.1. The number of rotatable bonds is 2. The van der Waals surface area contributed by atoms with Gasteiger partial charge in [0.1, 0.15) is 5.82 Å². The Bertz CT molecular complexity index is 343. The number of nitrogens with zero attached hydrogens (tertiary/aromatic N) is 1. The number of nitrogens with two attached hydrogens (primary N) is 2. The van der Waals surface area contributed by atoms with Crippen LogP contribution in [0.2, 0.25) is 0 Å². The third-order valence-corrected chi connectivity index (χ3v) is 1.76. The van der Waals surface area contributed by atoms with Crippen LogP contribution in [0.5, 0.6) is 0 Å². The van der Waals surface area contributed by atoms with Crippen LogP contribution >= 0.6 is 0 Å². The fraction of sp³-hybridized carbons (Fsp3) is 0.222. The highest BCUT2D eigenvalue weighted by Crippen LogP contribution is 2.21. The smallest absolute Gasteiger partial charge is 0.123 e. The minimum Gasteiger partial charge on any atom is -0.398 e. The van der Waals surface area contributed by atoms with E-state index in [9.17, 15) is 4.39 Å². The van der Waals surface area contributed by atoms with Gasteiger partial charge in [-0.25, -0.2) is 4.39 Å². The Labute approximate surface area is 75.8 Å². The van der Waals surface area contributed by atoms with Crippen LogP contribution < -0.4 is 11.5 Å². The molecule has 0 aromatic heterocycles. The first-order chi connectivity index (χ1) is 6.15. The molecule has 13 heavy (non-hydrogen) atoms. The largest absolute Gasteiger partial charge is 0.398 e. The van der Waals surface area contributed by atoms with Crippen LogP contribution in [0.4, 0.5) is 10.1 Å². The van der Waals surface area contributed by atoms with E-state index in [4.69, 9.17) is 16.7 Å². The number of benzene rings is 1. The van der Waals surface area contributed by atoms with Gasteiger partial charge in [0.25, 0.3) is 0 Å². The zero-order chi connectivity index (χ0) is 9.84. The molecular formula is C9H10FN3. The topological polar surface area (TPSA) is 75.8 Å². The third kappa shape index (κ3) is 2.17. The van der Waals surface area contributed by atoms with Crippen molar-refractivity contribution in [3.8, 4) is 6.07 Å². The van der Waals surface area contributed by atoms with Crippen molar-refractivity contribution in [2.75, 3.05) is 5.73 Å². The maximum Gasteiger partial charge on any atom is 0.123 e. The summed E-state index contributed by atoms with van der Waals surface area (Å²) >= 11 is 0. The lowest BCUT2D eigenvalue weighted by Gasteiger charge is -2.10. The van der Waals surface area contributed by atoms with Crippen molar-refractivity contribution in [1.29, 1.82) is 5.26 Å². The van der Waals surface area contributed by atoms with Gasteiger partial charge in [-0.3, -0.25) is 0 Å². The summed E-state index contributed by atoms with van der Waals surface area (Å²) in [5, 5.41) is 8.39. The predicted octanol–water partition coefficient (Wildman–Crippen LogP) is 1.32. The first-order valence-corrected chi connectivity index (χ1v) is 3.82. The molecule has 0 saturated heterocycles. The normalized spacial score (nSPS) is 12.1. The standard InChI is InChI=1S/C9H10FN3/c10-6-1-2-8(12)7(5-6)9(13)3-4-11/h1-2,5,9H,3,12-13H2. The van der Waals surface area contributed by atoms with Crippen molar-refractivity contribution in [1.82, 2.24) is 0 Å². The van der Waals surface area contributed by atoms with Gasteiger partial charge >= 0.3 is 0 Å².